The number of nitriles is 1. The molecule has 0 saturated carbocycles. The second-order valence-electron chi connectivity index (χ2n) is 4.52. The molecule has 0 atom stereocenters. The Balaban J connectivity index is 2.33. The van der Waals surface area contributed by atoms with E-state index in [1.54, 1.807) is 4.90 Å². The number of hydrogen-bond acceptors (Lipinski definition) is 5. The predicted molar refractivity (Wildman–Crippen MR) is 73.7 cm³/mol. The summed E-state index contributed by atoms with van der Waals surface area (Å²) in [7, 11) is 1.53. The van der Waals surface area contributed by atoms with Crippen molar-refractivity contribution in [3.05, 3.63) is 23.5 Å². The van der Waals surface area contributed by atoms with E-state index in [2.05, 4.69) is 5.32 Å². The van der Waals surface area contributed by atoms with Crippen LogP contribution in [-0.2, 0) is 9.53 Å². The Labute approximate surface area is 121 Å². The summed E-state index contributed by atoms with van der Waals surface area (Å²) in [5.74, 6) is -2.11. The molecule has 0 bridgehead atoms. The molecule has 1 aromatic carbocycles. The molecule has 0 spiro atoms. The molecule has 0 aromatic heterocycles. The zero-order valence-corrected chi connectivity index (χ0v) is 11.5. The monoisotopic (exact) mass is 291 g/mol. The van der Waals surface area contributed by atoms with Gasteiger partial charge in [0, 0.05) is 20.2 Å². The van der Waals surface area contributed by atoms with Crippen molar-refractivity contribution in [1.29, 1.82) is 5.26 Å². The van der Waals surface area contributed by atoms with Gasteiger partial charge in [0.15, 0.2) is 0 Å². The van der Waals surface area contributed by atoms with Gasteiger partial charge < -0.3 is 15.0 Å². The minimum absolute atomic E-state index is 0.0354. The summed E-state index contributed by atoms with van der Waals surface area (Å²) in [6.07, 6.45) is 0.228. The van der Waals surface area contributed by atoms with Gasteiger partial charge in [0.25, 0.3) is 11.7 Å². The van der Waals surface area contributed by atoms with Gasteiger partial charge in [0.1, 0.15) is 5.82 Å². The van der Waals surface area contributed by atoms with Crippen LogP contribution in [0.1, 0.15) is 16.8 Å². The van der Waals surface area contributed by atoms with Gasteiger partial charge >= 0.3 is 0 Å². The van der Waals surface area contributed by atoms with Crippen molar-refractivity contribution in [3.8, 4) is 6.07 Å². The van der Waals surface area contributed by atoms with E-state index >= 15 is 0 Å². The highest BCUT2D eigenvalue weighted by atomic mass is 19.1. The third kappa shape index (κ3) is 3.01. The maximum Gasteiger partial charge on any atom is 0.296 e. The van der Waals surface area contributed by atoms with Gasteiger partial charge in [0.05, 0.1) is 36.0 Å². The Kier molecular flexibility index (Phi) is 4.50. The molecule has 1 aliphatic heterocycles. The van der Waals surface area contributed by atoms with Gasteiger partial charge in [-0.25, -0.2) is 4.39 Å². The first-order valence-electron chi connectivity index (χ1n) is 6.38. The van der Waals surface area contributed by atoms with Crippen LogP contribution in [0.3, 0.4) is 0 Å². The van der Waals surface area contributed by atoms with Crippen molar-refractivity contribution in [3.63, 3.8) is 0 Å². The average Bonchev–Trinajstić information content (AvgIpc) is 2.74. The lowest BCUT2D eigenvalue weighted by molar-refractivity contribution is -0.112. The SMILES string of the molecule is COCCN(CCC#N)c1cc2c(cc1F)C(=O)C(=O)N2. The molecule has 1 aliphatic rings. The predicted octanol–water partition coefficient (Wildman–Crippen LogP) is 1.33. The summed E-state index contributed by atoms with van der Waals surface area (Å²) in [5, 5.41) is 11.1. The molecule has 1 heterocycles. The highest BCUT2D eigenvalue weighted by molar-refractivity contribution is 6.51. The average molecular weight is 291 g/mol. The van der Waals surface area contributed by atoms with E-state index in [4.69, 9.17) is 10.00 Å². The molecule has 110 valence electrons. The highest BCUT2D eigenvalue weighted by Crippen LogP contribution is 2.31. The Morgan fingerprint density at radius 1 is 1.38 bits per heavy atom. The number of benzene rings is 1. The number of nitrogens with one attached hydrogen (secondary N) is 1. The minimum Gasteiger partial charge on any atom is -0.383 e. The fourth-order valence-corrected chi connectivity index (χ4v) is 2.14. The van der Waals surface area contributed by atoms with Gasteiger partial charge in [-0.1, -0.05) is 0 Å². The summed E-state index contributed by atoms with van der Waals surface area (Å²) in [6, 6.07) is 4.47. The van der Waals surface area contributed by atoms with E-state index in [1.165, 1.54) is 13.2 Å². The number of ether oxygens (including phenoxy) is 1. The number of amides is 1. The Bertz CT molecular complexity index is 625. The molecule has 0 unspecified atom stereocenters. The van der Waals surface area contributed by atoms with E-state index in [1.807, 2.05) is 6.07 Å². The molecule has 6 nitrogen and oxygen atoms in total. The Morgan fingerprint density at radius 2 is 2.14 bits per heavy atom. The first kappa shape index (κ1) is 14.9. The number of hydrogen-bond donors (Lipinski definition) is 1. The van der Waals surface area contributed by atoms with Gasteiger partial charge in [-0.15, -0.1) is 0 Å². The fourth-order valence-electron chi connectivity index (χ4n) is 2.14. The summed E-state index contributed by atoms with van der Waals surface area (Å²) >= 11 is 0. The van der Waals surface area contributed by atoms with E-state index in [-0.39, 0.29) is 17.7 Å². The molecule has 0 fully saturated rings. The van der Waals surface area contributed by atoms with Crippen LogP contribution in [0.2, 0.25) is 0 Å². The van der Waals surface area contributed by atoms with Crippen LogP contribution in [0.4, 0.5) is 15.8 Å². The molecule has 0 radical (unpaired) electrons. The summed E-state index contributed by atoms with van der Waals surface area (Å²) in [5.41, 5.74) is 0.560. The number of nitrogens with zero attached hydrogens (tertiary/aromatic N) is 2. The minimum atomic E-state index is -0.762. The van der Waals surface area contributed by atoms with Crippen LogP contribution >= 0.6 is 0 Å². The lowest BCUT2D eigenvalue weighted by atomic mass is 10.1. The molecule has 1 N–H and O–H groups in total. The number of ketones is 1. The molecular formula is C14H14FN3O3. The first-order valence-corrected chi connectivity index (χ1v) is 6.38. The van der Waals surface area contributed by atoms with Crippen LogP contribution in [0.25, 0.3) is 0 Å². The van der Waals surface area contributed by atoms with E-state index in [0.29, 0.717) is 25.4 Å². The number of methoxy groups -OCH3 is 1. The molecule has 0 saturated heterocycles. The zero-order valence-electron chi connectivity index (χ0n) is 11.5. The van der Waals surface area contributed by atoms with E-state index < -0.39 is 17.5 Å². The second kappa shape index (κ2) is 6.33. The van der Waals surface area contributed by atoms with E-state index in [0.717, 1.165) is 6.07 Å². The van der Waals surface area contributed by atoms with Gasteiger partial charge in [-0.2, -0.15) is 5.26 Å². The number of fused-ring (bicyclic) bond motifs is 1. The fraction of sp³-hybridized carbons (Fsp3) is 0.357. The van der Waals surface area contributed by atoms with Crippen molar-refractivity contribution >= 4 is 23.1 Å². The van der Waals surface area contributed by atoms with Crippen molar-refractivity contribution in [2.24, 2.45) is 0 Å². The number of Topliss-reactive ketones (excluding diaryl/α,β-unsaturated/α-hetero) is 1. The molecular weight excluding hydrogens is 277 g/mol. The summed E-state index contributed by atoms with van der Waals surface area (Å²) in [4.78, 5) is 24.5. The van der Waals surface area contributed by atoms with Crippen molar-refractivity contribution in [1.82, 2.24) is 0 Å². The standard InChI is InChI=1S/C14H14FN3O3/c1-21-6-5-18(4-2-3-16)12-8-11-9(7-10(12)15)13(19)14(20)17-11/h7-8H,2,4-6H2,1H3,(H,17,19,20). The molecule has 2 rings (SSSR count). The number of rotatable bonds is 6. The van der Waals surface area contributed by atoms with Gasteiger partial charge in [-0.05, 0) is 12.1 Å². The first-order chi connectivity index (χ1) is 10.1. The van der Waals surface area contributed by atoms with Crippen molar-refractivity contribution in [2.75, 3.05) is 37.0 Å². The third-order valence-corrected chi connectivity index (χ3v) is 3.19. The van der Waals surface area contributed by atoms with Crippen LogP contribution in [0.5, 0.6) is 0 Å². The maximum absolute atomic E-state index is 14.2. The van der Waals surface area contributed by atoms with Crippen LogP contribution in [-0.4, -0.2) is 38.5 Å². The summed E-state index contributed by atoms with van der Waals surface area (Å²) in [6.45, 7) is 1.10. The number of carbonyl (C=O) groups is 2. The van der Waals surface area contributed by atoms with Crippen molar-refractivity contribution < 1.29 is 18.7 Å². The number of anilines is 2. The lowest BCUT2D eigenvalue weighted by Gasteiger charge is -2.24. The third-order valence-electron chi connectivity index (χ3n) is 3.19. The number of halogens is 1. The van der Waals surface area contributed by atoms with Crippen molar-refractivity contribution in [2.45, 2.75) is 6.42 Å². The highest BCUT2D eigenvalue weighted by Gasteiger charge is 2.30. The quantitative estimate of drug-likeness (QED) is 0.799. The maximum atomic E-state index is 14.2. The molecule has 1 aromatic rings. The van der Waals surface area contributed by atoms with Crippen LogP contribution < -0.4 is 10.2 Å². The molecule has 7 heteroatoms. The summed E-state index contributed by atoms with van der Waals surface area (Å²) < 4.78 is 19.2. The molecule has 0 aliphatic carbocycles. The lowest BCUT2D eigenvalue weighted by Crippen LogP contribution is -2.29. The van der Waals surface area contributed by atoms with Gasteiger partial charge in [0.2, 0.25) is 0 Å². The zero-order chi connectivity index (χ0) is 15.4. The Hall–Kier alpha value is -2.46. The normalized spacial score (nSPS) is 12.8. The number of carbonyl (C=O) groups excluding carboxylic acids is 2. The van der Waals surface area contributed by atoms with Crippen LogP contribution in [0.15, 0.2) is 12.1 Å². The Morgan fingerprint density at radius 3 is 2.81 bits per heavy atom. The molecule has 21 heavy (non-hydrogen) atoms. The van der Waals surface area contributed by atoms with Gasteiger partial charge in [-0.3, -0.25) is 9.59 Å². The second-order valence-corrected chi connectivity index (χ2v) is 4.52. The molecule has 1 amide bonds. The topological polar surface area (TPSA) is 82.4 Å². The van der Waals surface area contributed by atoms with E-state index in [9.17, 15) is 14.0 Å². The largest absolute Gasteiger partial charge is 0.383 e. The van der Waals surface area contributed by atoms with Crippen LogP contribution in [0, 0.1) is 17.1 Å². The smallest absolute Gasteiger partial charge is 0.296 e.